The minimum Gasteiger partial charge on any atom is -0.254 e. The Morgan fingerprint density at radius 1 is 1.31 bits per heavy atom. The van der Waals surface area contributed by atoms with E-state index in [1.807, 2.05) is 18.2 Å². The summed E-state index contributed by atoms with van der Waals surface area (Å²) in [5.74, 6) is 0.518. The lowest BCUT2D eigenvalue weighted by molar-refractivity contribution is 1.28. The van der Waals surface area contributed by atoms with Gasteiger partial charge in [0.15, 0.2) is 0 Å². The average Bonchev–Trinajstić information content (AvgIpc) is 2.67. The summed E-state index contributed by atoms with van der Waals surface area (Å²) in [4.78, 5) is 9.50. The van der Waals surface area contributed by atoms with Gasteiger partial charge in [-0.2, -0.15) is 0 Å². The van der Waals surface area contributed by atoms with Crippen molar-refractivity contribution in [1.82, 2.24) is 9.97 Å². The molecule has 0 atom stereocenters. The molecule has 0 amide bonds. The summed E-state index contributed by atoms with van der Waals surface area (Å²) in [6.45, 7) is 0. The Morgan fingerprint density at radius 2 is 2.23 bits per heavy atom. The number of alkyl halides is 1. The molecule has 2 aromatic rings. The molecule has 0 aliphatic rings. The first-order chi connectivity index (χ1) is 6.40. The van der Waals surface area contributed by atoms with E-state index >= 15 is 0 Å². The fraction of sp³-hybridized carbons (Fsp3) is 0.111. The third kappa shape index (κ3) is 1.87. The summed E-state index contributed by atoms with van der Waals surface area (Å²) in [6, 6.07) is 5.78. The standard InChI is InChI=1S/C9H7ClN2S/c10-5-7-6-12-9(13-7)8-3-1-2-4-11-8/h1-4,6H,5H2. The van der Waals surface area contributed by atoms with E-state index in [1.165, 1.54) is 0 Å². The number of aromatic nitrogens is 2. The highest BCUT2D eigenvalue weighted by molar-refractivity contribution is 7.15. The molecule has 13 heavy (non-hydrogen) atoms. The van der Waals surface area contributed by atoms with Crippen LogP contribution in [-0.4, -0.2) is 9.97 Å². The van der Waals surface area contributed by atoms with Crippen LogP contribution in [0.3, 0.4) is 0 Å². The maximum Gasteiger partial charge on any atom is 0.142 e. The number of nitrogens with zero attached hydrogens (tertiary/aromatic N) is 2. The highest BCUT2D eigenvalue weighted by Crippen LogP contribution is 2.23. The van der Waals surface area contributed by atoms with Gasteiger partial charge in [0.05, 0.1) is 11.6 Å². The molecule has 0 bridgehead atoms. The first kappa shape index (κ1) is 8.66. The number of rotatable bonds is 2. The Kier molecular flexibility index (Phi) is 2.57. The van der Waals surface area contributed by atoms with Gasteiger partial charge in [-0.3, -0.25) is 4.98 Å². The molecule has 0 aliphatic heterocycles. The van der Waals surface area contributed by atoms with Crippen molar-refractivity contribution in [2.75, 3.05) is 0 Å². The van der Waals surface area contributed by atoms with Crippen LogP contribution in [0.15, 0.2) is 30.6 Å². The quantitative estimate of drug-likeness (QED) is 0.713. The van der Waals surface area contributed by atoms with Crippen LogP contribution in [0.1, 0.15) is 4.88 Å². The van der Waals surface area contributed by atoms with Crippen LogP contribution < -0.4 is 0 Å². The van der Waals surface area contributed by atoms with Gasteiger partial charge in [-0.25, -0.2) is 4.98 Å². The molecular formula is C9H7ClN2S. The number of hydrogen-bond donors (Lipinski definition) is 0. The van der Waals surface area contributed by atoms with Crippen molar-refractivity contribution in [3.8, 4) is 10.7 Å². The van der Waals surface area contributed by atoms with Crippen LogP contribution in [0.25, 0.3) is 10.7 Å². The topological polar surface area (TPSA) is 25.8 Å². The molecule has 2 aromatic heterocycles. The van der Waals surface area contributed by atoms with Crippen molar-refractivity contribution in [3.63, 3.8) is 0 Å². The zero-order valence-electron chi connectivity index (χ0n) is 6.77. The fourth-order valence-electron chi connectivity index (χ4n) is 0.977. The summed E-state index contributed by atoms with van der Waals surface area (Å²) in [5.41, 5.74) is 0.906. The van der Waals surface area contributed by atoms with E-state index in [-0.39, 0.29) is 0 Å². The summed E-state index contributed by atoms with van der Waals surface area (Å²) in [6.07, 6.45) is 3.55. The minimum absolute atomic E-state index is 0.518. The molecule has 0 unspecified atom stereocenters. The highest BCUT2D eigenvalue weighted by Gasteiger charge is 2.03. The van der Waals surface area contributed by atoms with E-state index < -0.39 is 0 Å². The van der Waals surface area contributed by atoms with Crippen LogP contribution in [0, 0.1) is 0 Å². The first-order valence-corrected chi connectivity index (χ1v) is 5.17. The zero-order valence-corrected chi connectivity index (χ0v) is 8.35. The molecule has 0 spiro atoms. The molecule has 0 saturated heterocycles. The predicted octanol–water partition coefficient (Wildman–Crippen LogP) is 2.94. The van der Waals surface area contributed by atoms with E-state index in [0.717, 1.165) is 15.6 Å². The lowest BCUT2D eigenvalue weighted by Gasteiger charge is -1.91. The van der Waals surface area contributed by atoms with E-state index in [1.54, 1.807) is 23.7 Å². The number of hydrogen-bond acceptors (Lipinski definition) is 3. The third-order valence-corrected chi connectivity index (χ3v) is 3.04. The van der Waals surface area contributed by atoms with Crippen LogP contribution >= 0.6 is 22.9 Å². The van der Waals surface area contributed by atoms with Gasteiger partial charge < -0.3 is 0 Å². The average molecular weight is 211 g/mol. The maximum atomic E-state index is 5.68. The number of thiazole rings is 1. The molecule has 2 nitrogen and oxygen atoms in total. The van der Waals surface area contributed by atoms with Crippen LogP contribution in [0.4, 0.5) is 0 Å². The fourth-order valence-corrected chi connectivity index (χ4v) is 1.95. The van der Waals surface area contributed by atoms with Gasteiger partial charge in [-0.1, -0.05) is 6.07 Å². The Balaban J connectivity index is 2.36. The zero-order chi connectivity index (χ0) is 9.10. The Labute approximate surface area is 85.2 Å². The van der Waals surface area contributed by atoms with Crippen LogP contribution in [0.5, 0.6) is 0 Å². The molecule has 2 heterocycles. The van der Waals surface area contributed by atoms with Gasteiger partial charge >= 0.3 is 0 Å². The van der Waals surface area contributed by atoms with Crippen molar-refractivity contribution in [2.24, 2.45) is 0 Å². The highest BCUT2D eigenvalue weighted by atomic mass is 35.5. The SMILES string of the molecule is ClCc1cnc(-c2ccccn2)s1. The third-order valence-electron chi connectivity index (χ3n) is 1.57. The van der Waals surface area contributed by atoms with Crippen molar-refractivity contribution >= 4 is 22.9 Å². The first-order valence-electron chi connectivity index (χ1n) is 3.82. The van der Waals surface area contributed by atoms with Crippen molar-refractivity contribution in [3.05, 3.63) is 35.5 Å². The summed E-state index contributed by atoms with van der Waals surface area (Å²) in [7, 11) is 0. The summed E-state index contributed by atoms with van der Waals surface area (Å²) in [5, 5.41) is 0.927. The molecule has 2 rings (SSSR count). The Morgan fingerprint density at radius 3 is 2.85 bits per heavy atom. The predicted molar refractivity (Wildman–Crippen MR) is 54.9 cm³/mol. The Hall–Kier alpha value is -0.930. The molecule has 0 fully saturated rings. The van der Waals surface area contributed by atoms with Gasteiger partial charge in [0, 0.05) is 17.3 Å². The molecule has 0 saturated carbocycles. The second-order valence-electron chi connectivity index (χ2n) is 2.48. The molecule has 0 radical (unpaired) electrons. The van der Waals surface area contributed by atoms with Gasteiger partial charge in [-0.15, -0.1) is 22.9 Å². The molecule has 0 N–H and O–H groups in total. The molecule has 4 heteroatoms. The van der Waals surface area contributed by atoms with Gasteiger partial charge in [0.1, 0.15) is 5.01 Å². The van der Waals surface area contributed by atoms with E-state index in [4.69, 9.17) is 11.6 Å². The monoisotopic (exact) mass is 210 g/mol. The number of halogens is 1. The van der Waals surface area contributed by atoms with Gasteiger partial charge in [-0.05, 0) is 12.1 Å². The van der Waals surface area contributed by atoms with E-state index in [0.29, 0.717) is 5.88 Å². The van der Waals surface area contributed by atoms with Crippen molar-refractivity contribution in [1.29, 1.82) is 0 Å². The van der Waals surface area contributed by atoms with E-state index in [2.05, 4.69) is 9.97 Å². The number of pyridine rings is 1. The summed E-state index contributed by atoms with van der Waals surface area (Å²) < 4.78 is 0. The summed E-state index contributed by atoms with van der Waals surface area (Å²) >= 11 is 7.26. The maximum absolute atomic E-state index is 5.68. The molecule has 66 valence electrons. The molecular weight excluding hydrogens is 204 g/mol. The van der Waals surface area contributed by atoms with Crippen LogP contribution in [-0.2, 0) is 5.88 Å². The van der Waals surface area contributed by atoms with Crippen LogP contribution in [0.2, 0.25) is 0 Å². The second kappa shape index (κ2) is 3.85. The van der Waals surface area contributed by atoms with E-state index in [9.17, 15) is 0 Å². The lowest BCUT2D eigenvalue weighted by Crippen LogP contribution is -1.78. The normalized spacial score (nSPS) is 10.2. The van der Waals surface area contributed by atoms with Gasteiger partial charge in [0.2, 0.25) is 0 Å². The second-order valence-corrected chi connectivity index (χ2v) is 3.86. The van der Waals surface area contributed by atoms with Crippen molar-refractivity contribution < 1.29 is 0 Å². The van der Waals surface area contributed by atoms with Crippen molar-refractivity contribution in [2.45, 2.75) is 5.88 Å². The lowest BCUT2D eigenvalue weighted by atomic mass is 10.4. The molecule has 0 aromatic carbocycles. The minimum atomic E-state index is 0.518. The van der Waals surface area contributed by atoms with Gasteiger partial charge in [0.25, 0.3) is 0 Å². The molecule has 0 aliphatic carbocycles. The smallest absolute Gasteiger partial charge is 0.142 e. The Bertz CT molecular complexity index is 386. The largest absolute Gasteiger partial charge is 0.254 e.